The fourth-order valence-electron chi connectivity index (χ4n) is 1.91. The normalized spacial score (nSPS) is 16.0. The van der Waals surface area contributed by atoms with Crippen molar-refractivity contribution >= 4 is 70.2 Å². The highest BCUT2D eigenvalue weighted by molar-refractivity contribution is 9.10. The van der Waals surface area contributed by atoms with E-state index in [9.17, 15) is 19.0 Å². The molecule has 1 aromatic carbocycles. The first kappa shape index (κ1) is 25.7. The summed E-state index contributed by atoms with van der Waals surface area (Å²) in [6.45, 7) is 2.77. The third-order valence-electron chi connectivity index (χ3n) is 3.50. The molecule has 0 aliphatic rings. The van der Waals surface area contributed by atoms with Gasteiger partial charge in [-0.25, -0.2) is 4.79 Å². The van der Waals surface area contributed by atoms with Crippen LogP contribution in [0.5, 0.6) is 0 Å². The number of rotatable bonds is 9. The van der Waals surface area contributed by atoms with E-state index in [4.69, 9.17) is 44.1 Å². The Hall–Kier alpha value is -0.340. The third kappa shape index (κ3) is 9.44. The molecule has 1 rings (SSSR count). The van der Waals surface area contributed by atoms with Gasteiger partial charge in [0.15, 0.2) is 5.78 Å². The van der Waals surface area contributed by atoms with E-state index in [1.54, 1.807) is 38.1 Å². The lowest BCUT2D eigenvalue weighted by Crippen LogP contribution is -2.38. The van der Waals surface area contributed by atoms with Crippen molar-refractivity contribution in [3.63, 3.8) is 0 Å². The van der Waals surface area contributed by atoms with Crippen molar-refractivity contribution in [3.8, 4) is 0 Å². The molecule has 0 aliphatic heterocycles. The van der Waals surface area contributed by atoms with Crippen LogP contribution in [0.2, 0.25) is 0 Å². The molecule has 28 heavy (non-hydrogen) atoms. The summed E-state index contributed by atoms with van der Waals surface area (Å²) in [6.07, 6.45) is -1.73. The number of nitrogens with one attached hydrogen (secondary N) is 1. The minimum atomic E-state index is -4.42. The predicted octanol–water partition coefficient (Wildman–Crippen LogP) is 5.44. The molecule has 0 saturated carbocycles. The molecule has 7 nitrogen and oxygen atoms in total. The molecular formula is C16H20BrCl3NO6P. The zero-order valence-electron chi connectivity index (χ0n) is 15.0. The number of ketones is 1. The van der Waals surface area contributed by atoms with Crippen molar-refractivity contribution < 1.29 is 28.3 Å². The van der Waals surface area contributed by atoms with Gasteiger partial charge in [-0.1, -0.05) is 69.8 Å². The molecule has 0 saturated heterocycles. The fraction of sp³-hybridized carbons (Fsp3) is 0.500. The molecule has 0 heterocycles. The number of hydrogen-bond acceptors (Lipinski definition) is 5. The van der Waals surface area contributed by atoms with Crippen LogP contribution in [0.3, 0.4) is 0 Å². The molecule has 0 radical (unpaired) electrons. The van der Waals surface area contributed by atoms with Crippen LogP contribution >= 0.6 is 58.3 Å². The molecule has 0 bridgehead atoms. The Morgan fingerprint density at radius 3 is 2.36 bits per heavy atom. The molecule has 1 amide bonds. The average molecular weight is 540 g/mol. The third-order valence-corrected chi connectivity index (χ3v) is 6.11. The molecule has 2 N–H and O–H groups in total. The highest BCUT2D eigenvalue weighted by Crippen LogP contribution is 2.49. The Balaban J connectivity index is 2.96. The second-order valence-electron chi connectivity index (χ2n) is 5.87. The second-order valence-corrected chi connectivity index (χ2v) is 11.3. The standard InChI is InChI=1S/C16H20BrCl3NO6P/c1-3-10(2)27-28(24,25)14(21-15(23)26-9-16(18,19)20)8-13(22)11-4-6-12(17)7-5-11/h4-7,10,14H,3,8-9H2,1-2H3,(H,21,23)(H,24,25). The van der Waals surface area contributed by atoms with Gasteiger partial charge in [-0.15, -0.1) is 0 Å². The van der Waals surface area contributed by atoms with Gasteiger partial charge in [-0.05, 0) is 25.5 Å². The van der Waals surface area contributed by atoms with Crippen molar-refractivity contribution in [2.24, 2.45) is 0 Å². The molecule has 0 aromatic heterocycles. The Kier molecular flexibility index (Phi) is 10.2. The number of carbonyl (C=O) groups is 2. The number of ether oxygens (including phenoxy) is 1. The van der Waals surface area contributed by atoms with Crippen LogP contribution in [0.15, 0.2) is 28.7 Å². The summed E-state index contributed by atoms with van der Waals surface area (Å²) in [5, 5.41) is 2.17. The monoisotopic (exact) mass is 537 g/mol. The molecule has 12 heteroatoms. The van der Waals surface area contributed by atoms with Gasteiger partial charge in [-0.3, -0.25) is 9.36 Å². The van der Waals surface area contributed by atoms with Gasteiger partial charge in [0, 0.05) is 16.5 Å². The predicted molar refractivity (Wildman–Crippen MR) is 112 cm³/mol. The SMILES string of the molecule is CCC(C)OP(=O)(O)C(CC(=O)c1ccc(Br)cc1)NC(=O)OCC(Cl)(Cl)Cl. The largest absolute Gasteiger partial charge is 0.445 e. The van der Waals surface area contributed by atoms with Crippen LogP contribution in [0.4, 0.5) is 4.79 Å². The van der Waals surface area contributed by atoms with E-state index in [0.717, 1.165) is 4.47 Å². The Bertz CT molecular complexity index is 728. The molecule has 0 spiro atoms. The molecule has 3 unspecified atom stereocenters. The molecule has 158 valence electrons. The minimum Gasteiger partial charge on any atom is -0.445 e. The Labute approximate surface area is 186 Å². The van der Waals surface area contributed by atoms with Crippen LogP contribution in [-0.2, 0) is 13.8 Å². The lowest BCUT2D eigenvalue weighted by molar-refractivity contribution is 0.0963. The zero-order chi connectivity index (χ0) is 21.5. The maximum atomic E-state index is 12.7. The fourth-order valence-corrected chi connectivity index (χ4v) is 3.81. The van der Waals surface area contributed by atoms with Crippen LogP contribution in [0.1, 0.15) is 37.0 Å². The van der Waals surface area contributed by atoms with E-state index >= 15 is 0 Å². The summed E-state index contributed by atoms with van der Waals surface area (Å²) in [5.41, 5.74) is 0.299. The lowest BCUT2D eigenvalue weighted by Gasteiger charge is -2.25. The summed E-state index contributed by atoms with van der Waals surface area (Å²) in [7, 11) is -4.42. The summed E-state index contributed by atoms with van der Waals surface area (Å²) >= 11 is 19.8. The van der Waals surface area contributed by atoms with Crippen LogP contribution in [0, 0.1) is 0 Å². The van der Waals surface area contributed by atoms with Gasteiger partial charge in [0.25, 0.3) is 0 Å². The number of Topliss-reactive ketones (excluding diaryl/α,β-unsaturated/α-hetero) is 1. The van der Waals surface area contributed by atoms with E-state index in [2.05, 4.69) is 21.2 Å². The highest BCUT2D eigenvalue weighted by Gasteiger charge is 2.38. The smallest absolute Gasteiger partial charge is 0.408 e. The van der Waals surface area contributed by atoms with Gasteiger partial charge in [0.1, 0.15) is 12.4 Å². The van der Waals surface area contributed by atoms with Gasteiger partial charge in [-0.2, -0.15) is 0 Å². The first-order valence-electron chi connectivity index (χ1n) is 8.13. The minimum absolute atomic E-state index is 0.299. The lowest BCUT2D eigenvalue weighted by atomic mass is 10.1. The summed E-state index contributed by atoms with van der Waals surface area (Å²) in [4.78, 5) is 34.8. The van der Waals surface area contributed by atoms with Crippen molar-refractivity contribution in [2.45, 2.75) is 42.4 Å². The van der Waals surface area contributed by atoms with E-state index in [-0.39, 0.29) is 0 Å². The van der Waals surface area contributed by atoms with Crippen molar-refractivity contribution in [1.82, 2.24) is 5.32 Å². The summed E-state index contributed by atoms with van der Waals surface area (Å²) in [5.74, 6) is -2.01. The first-order valence-corrected chi connectivity index (χ1v) is 11.7. The molecular weight excluding hydrogens is 519 g/mol. The molecule has 0 aliphatic carbocycles. The van der Waals surface area contributed by atoms with Gasteiger partial charge >= 0.3 is 13.7 Å². The number of hydrogen-bond donors (Lipinski definition) is 2. The quantitative estimate of drug-likeness (QED) is 0.246. The Morgan fingerprint density at radius 1 is 1.29 bits per heavy atom. The Morgan fingerprint density at radius 2 is 1.86 bits per heavy atom. The van der Waals surface area contributed by atoms with Gasteiger partial charge in [0.05, 0.1) is 6.10 Å². The average Bonchev–Trinajstić information content (AvgIpc) is 2.58. The molecule has 1 aromatic rings. The number of amides is 1. The highest BCUT2D eigenvalue weighted by atomic mass is 79.9. The van der Waals surface area contributed by atoms with Crippen LogP contribution in [0.25, 0.3) is 0 Å². The van der Waals surface area contributed by atoms with E-state index in [1.807, 2.05) is 0 Å². The number of alkyl halides is 3. The van der Waals surface area contributed by atoms with E-state index in [1.165, 1.54) is 0 Å². The van der Waals surface area contributed by atoms with Crippen LogP contribution in [-0.4, -0.2) is 39.1 Å². The number of alkyl carbamates (subject to hydrolysis) is 1. The first-order chi connectivity index (χ1) is 12.8. The second kappa shape index (κ2) is 11.2. The molecule has 3 atom stereocenters. The maximum absolute atomic E-state index is 12.7. The number of halogens is 4. The number of benzene rings is 1. The van der Waals surface area contributed by atoms with Crippen LogP contribution < -0.4 is 5.32 Å². The van der Waals surface area contributed by atoms with E-state index < -0.39 is 48.2 Å². The summed E-state index contributed by atoms with van der Waals surface area (Å²) in [6, 6.07) is 6.39. The number of carbonyl (C=O) groups excluding carboxylic acids is 2. The maximum Gasteiger partial charge on any atom is 0.408 e. The van der Waals surface area contributed by atoms with E-state index in [0.29, 0.717) is 12.0 Å². The van der Waals surface area contributed by atoms with Gasteiger partial charge in [0.2, 0.25) is 3.79 Å². The zero-order valence-corrected chi connectivity index (χ0v) is 19.8. The molecule has 0 fully saturated rings. The topological polar surface area (TPSA) is 102 Å². The van der Waals surface area contributed by atoms with Crippen molar-refractivity contribution in [2.75, 3.05) is 6.61 Å². The summed E-state index contributed by atoms with van der Waals surface area (Å²) < 4.78 is 21.5. The van der Waals surface area contributed by atoms with Crippen molar-refractivity contribution in [3.05, 3.63) is 34.3 Å². The van der Waals surface area contributed by atoms with Crippen molar-refractivity contribution in [1.29, 1.82) is 0 Å². The van der Waals surface area contributed by atoms with Gasteiger partial charge < -0.3 is 19.5 Å².